The van der Waals surface area contributed by atoms with Gasteiger partial charge in [0.2, 0.25) is 0 Å². The maximum Gasteiger partial charge on any atom is 0.0295 e. The van der Waals surface area contributed by atoms with Crippen molar-refractivity contribution >= 4 is 10.8 Å². The highest BCUT2D eigenvalue weighted by molar-refractivity contribution is 5.83. The maximum absolute atomic E-state index is 6.33. The molecule has 1 atom stereocenters. The fourth-order valence-corrected chi connectivity index (χ4v) is 2.75. The van der Waals surface area contributed by atoms with E-state index < -0.39 is 0 Å². The van der Waals surface area contributed by atoms with Crippen LogP contribution < -0.4 is 5.73 Å². The Labute approximate surface area is 123 Å². The molecule has 2 aromatic rings. The Bertz CT molecular complexity index is 518. The van der Waals surface area contributed by atoms with Gasteiger partial charge < -0.3 is 5.73 Å². The van der Waals surface area contributed by atoms with E-state index in [1.54, 1.807) is 0 Å². The highest BCUT2D eigenvalue weighted by Gasteiger charge is 2.06. The summed E-state index contributed by atoms with van der Waals surface area (Å²) in [6, 6.07) is 15.3. The third-order valence-corrected chi connectivity index (χ3v) is 4.07. The van der Waals surface area contributed by atoms with Crippen molar-refractivity contribution in [2.75, 3.05) is 0 Å². The van der Waals surface area contributed by atoms with Crippen molar-refractivity contribution in [3.05, 3.63) is 48.0 Å². The Balaban J connectivity index is 1.83. The summed E-state index contributed by atoms with van der Waals surface area (Å²) in [6.07, 6.45) is 9.09. The van der Waals surface area contributed by atoms with Gasteiger partial charge >= 0.3 is 0 Å². The SMILES string of the molecule is CCCCCCCCC(N)c1ccc2ccccc2c1. The molecule has 0 spiro atoms. The maximum atomic E-state index is 6.33. The second-order valence-corrected chi connectivity index (χ2v) is 5.77. The lowest BCUT2D eigenvalue weighted by molar-refractivity contribution is 0.547. The van der Waals surface area contributed by atoms with Gasteiger partial charge in [0.25, 0.3) is 0 Å². The minimum Gasteiger partial charge on any atom is -0.324 e. The molecule has 20 heavy (non-hydrogen) atoms. The zero-order chi connectivity index (χ0) is 14.2. The van der Waals surface area contributed by atoms with Gasteiger partial charge in [-0.05, 0) is 28.8 Å². The molecule has 0 fully saturated rings. The van der Waals surface area contributed by atoms with E-state index in [0.717, 1.165) is 6.42 Å². The van der Waals surface area contributed by atoms with Crippen LogP contribution in [-0.4, -0.2) is 0 Å². The lowest BCUT2D eigenvalue weighted by atomic mass is 9.98. The standard InChI is InChI=1S/C19H27N/c1-2-3-4-5-6-7-12-19(20)18-14-13-16-10-8-9-11-17(16)15-18/h8-11,13-15,19H,2-7,12,20H2,1H3. The van der Waals surface area contributed by atoms with Gasteiger partial charge in [-0.1, -0.05) is 81.8 Å². The summed E-state index contributed by atoms with van der Waals surface area (Å²) in [7, 11) is 0. The first kappa shape index (κ1) is 15.1. The van der Waals surface area contributed by atoms with E-state index in [-0.39, 0.29) is 6.04 Å². The van der Waals surface area contributed by atoms with Crippen LogP contribution in [-0.2, 0) is 0 Å². The molecule has 0 aromatic heterocycles. The van der Waals surface area contributed by atoms with Crippen LogP contribution in [0.2, 0.25) is 0 Å². The molecule has 1 nitrogen and oxygen atoms in total. The van der Waals surface area contributed by atoms with E-state index in [1.165, 1.54) is 54.9 Å². The van der Waals surface area contributed by atoms with Gasteiger partial charge in [-0.2, -0.15) is 0 Å². The Hall–Kier alpha value is -1.34. The highest BCUT2D eigenvalue weighted by Crippen LogP contribution is 2.22. The van der Waals surface area contributed by atoms with E-state index in [2.05, 4.69) is 49.4 Å². The largest absolute Gasteiger partial charge is 0.324 e. The lowest BCUT2D eigenvalue weighted by Crippen LogP contribution is -2.09. The van der Waals surface area contributed by atoms with E-state index in [1.807, 2.05) is 0 Å². The first-order valence-corrected chi connectivity index (χ1v) is 8.05. The van der Waals surface area contributed by atoms with E-state index in [4.69, 9.17) is 5.73 Å². The first-order chi connectivity index (χ1) is 9.81. The summed E-state index contributed by atoms with van der Waals surface area (Å²) < 4.78 is 0. The second kappa shape index (κ2) is 8.06. The highest BCUT2D eigenvalue weighted by atomic mass is 14.6. The Kier molecular flexibility index (Phi) is 6.07. The molecule has 0 bridgehead atoms. The molecule has 1 unspecified atom stereocenters. The van der Waals surface area contributed by atoms with Crippen molar-refractivity contribution in [2.24, 2.45) is 5.73 Å². The number of rotatable bonds is 8. The summed E-state index contributed by atoms with van der Waals surface area (Å²) in [5.74, 6) is 0. The van der Waals surface area contributed by atoms with Crippen LogP contribution in [0.5, 0.6) is 0 Å². The number of unbranched alkanes of at least 4 members (excludes halogenated alkanes) is 5. The van der Waals surface area contributed by atoms with E-state index in [0.29, 0.717) is 0 Å². The molecule has 0 saturated carbocycles. The van der Waals surface area contributed by atoms with Gasteiger partial charge in [-0.3, -0.25) is 0 Å². The van der Waals surface area contributed by atoms with Crippen molar-refractivity contribution in [1.82, 2.24) is 0 Å². The summed E-state index contributed by atoms with van der Waals surface area (Å²) in [6.45, 7) is 2.26. The van der Waals surface area contributed by atoms with Crippen molar-refractivity contribution in [2.45, 2.75) is 57.9 Å². The minimum absolute atomic E-state index is 0.186. The number of benzene rings is 2. The average Bonchev–Trinajstić information content (AvgIpc) is 2.50. The summed E-state index contributed by atoms with van der Waals surface area (Å²) in [5, 5.41) is 2.59. The molecule has 1 heteroatoms. The third-order valence-electron chi connectivity index (χ3n) is 4.07. The van der Waals surface area contributed by atoms with Crippen LogP contribution in [0.15, 0.2) is 42.5 Å². The molecule has 0 aliphatic heterocycles. The Morgan fingerprint density at radius 2 is 1.55 bits per heavy atom. The first-order valence-electron chi connectivity index (χ1n) is 8.05. The van der Waals surface area contributed by atoms with Gasteiger partial charge in [0.1, 0.15) is 0 Å². The normalized spacial score (nSPS) is 12.7. The predicted octanol–water partition coefficient (Wildman–Crippen LogP) is 5.59. The van der Waals surface area contributed by atoms with Gasteiger partial charge in [0.05, 0.1) is 0 Å². The smallest absolute Gasteiger partial charge is 0.0295 e. The van der Waals surface area contributed by atoms with Crippen LogP contribution in [0, 0.1) is 0 Å². The van der Waals surface area contributed by atoms with Gasteiger partial charge in [-0.15, -0.1) is 0 Å². The van der Waals surface area contributed by atoms with Crippen LogP contribution in [0.25, 0.3) is 10.8 Å². The molecule has 0 radical (unpaired) electrons. The fraction of sp³-hybridized carbons (Fsp3) is 0.474. The van der Waals surface area contributed by atoms with E-state index >= 15 is 0 Å². The molecule has 2 N–H and O–H groups in total. The molecule has 0 heterocycles. The summed E-state index contributed by atoms with van der Waals surface area (Å²) in [5.41, 5.74) is 7.60. The molecule has 0 saturated heterocycles. The fourth-order valence-electron chi connectivity index (χ4n) is 2.75. The van der Waals surface area contributed by atoms with Crippen LogP contribution in [0.1, 0.15) is 63.5 Å². The predicted molar refractivity (Wildman–Crippen MR) is 88.9 cm³/mol. The minimum atomic E-state index is 0.186. The average molecular weight is 269 g/mol. The van der Waals surface area contributed by atoms with Crippen molar-refractivity contribution < 1.29 is 0 Å². The van der Waals surface area contributed by atoms with Gasteiger partial charge in [0.15, 0.2) is 0 Å². The summed E-state index contributed by atoms with van der Waals surface area (Å²) in [4.78, 5) is 0. The number of nitrogens with two attached hydrogens (primary N) is 1. The molecule has 0 aliphatic rings. The van der Waals surface area contributed by atoms with Crippen molar-refractivity contribution in [1.29, 1.82) is 0 Å². The van der Waals surface area contributed by atoms with Gasteiger partial charge in [0, 0.05) is 6.04 Å². The zero-order valence-corrected chi connectivity index (χ0v) is 12.6. The van der Waals surface area contributed by atoms with Crippen LogP contribution in [0.3, 0.4) is 0 Å². The Morgan fingerprint density at radius 3 is 2.35 bits per heavy atom. The molecule has 2 aromatic carbocycles. The molecular weight excluding hydrogens is 242 g/mol. The second-order valence-electron chi connectivity index (χ2n) is 5.77. The third kappa shape index (κ3) is 4.35. The zero-order valence-electron chi connectivity index (χ0n) is 12.6. The number of hydrogen-bond acceptors (Lipinski definition) is 1. The van der Waals surface area contributed by atoms with Crippen molar-refractivity contribution in [3.63, 3.8) is 0 Å². The van der Waals surface area contributed by atoms with Crippen LogP contribution >= 0.6 is 0 Å². The Morgan fingerprint density at radius 1 is 0.850 bits per heavy atom. The van der Waals surface area contributed by atoms with Crippen molar-refractivity contribution in [3.8, 4) is 0 Å². The molecule has 108 valence electrons. The quantitative estimate of drug-likeness (QED) is 0.621. The number of fused-ring (bicyclic) bond motifs is 1. The number of hydrogen-bond donors (Lipinski definition) is 1. The topological polar surface area (TPSA) is 26.0 Å². The lowest BCUT2D eigenvalue weighted by Gasteiger charge is -2.13. The molecule has 0 aliphatic carbocycles. The summed E-state index contributed by atoms with van der Waals surface area (Å²) >= 11 is 0. The van der Waals surface area contributed by atoms with Gasteiger partial charge in [-0.25, -0.2) is 0 Å². The molecule has 2 rings (SSSR count). The molecule has 0 amide bonds. The monoisotopic (exact) mass is 269 g/mol. The molecular formula is C19H27N. The van der Waals surface area contributed by atoms with Crippen LogP contribution in [0.4, 0.5) is 0 Å². The van der Waals surface area contributed by atoms with E-state index in [9.17, 15) is 0 Å².